The molecule has 1 aromatic heterocycles. The van der Waals surface area contributed by atoms with Gasteiger partial charge in [0.15, 0.2) is 0 Å². The van der Waals surface area contributed by atoms with Crippen LogP contribution in [0.5, 0.6) is 0 Å². The van der Waals surface area contributed by atoms with Gasteiger partial charge in [0.2, 0.25) is 5.91 Å². The molecule has 0 saturated heterocycles. The van der Waals surface area contributed by atoms with Gasteiger partial charge in [-0.25, -0.2) is 0 Å². The van der Waals surface area contributed by atoms with Crippen molar-refractivity contribution in [2.24, 2.45) is 12.8 Å². The van der Waals surface area contributed by atoms with E-state index >= 15 is 0 Å². The van der Waals surface area contributed by atoms with Crippen molar-refractivity contribution in [2.75, 3.05) is 0 Å². The van der Waals surface area contributed by atoms with Gasteiger partial charge in [0.1, 0.15) is 5.69 Å². The fraction of sp³-hybridized carbons (Fsp3) is 0.125. The van der Waals surface area contributed by atoms with E-state index in [0.29, 0.717) is 5.56 Å². The molecule has 0 atom stereocenters. The van der Waals surface area contributed by atoms with E-state index in [4.69, 9.17) is 5.73 Å². The summed E-state index contributed by atoms with van der Waals surface area (Å²) in [6.07, 6.45) is 0. The Morgan fingerprint density at radius 2 is 1.95 bits per heavy atom. The minimum absolute atomic E-state index is 0.438. The molecule has 4 heteroatoms. The lowest BCUT2D eigenvalue weighted by Gasteiger charge is -2.04. The average Bonchev–Trinajstić information content (AvgIpc) is 2.75. The molecule has 0 spiro atoms. The van der Waals surface area contributed by atoms with Crippen molar-refractivity contribution in [1.29, 1.82) is 0 Å². The predicted octanol–water partition coefficient (Wildman–Crippen LogP) is 2.65. The normalized spacial score (nSPS) is 10.9. The molecule has 0 unspecified atom stereocenters. The van der Waals surface area contributed by atoms with Crippen molar-refractivity contribution in [3.05, 3.63) is 53.6 Å². The molecule has 1 heterocycles. The maximum Gasteiger partial charge on any atom is 0.249 e. The molecular weight excluding hydrogens is 250 g/mol. The van der Waals surface area contributed by atoms with E-state index in [1.807, 2.05) is 42.9 Å². The molecule has 0 aliphatic rings. The van der Waals surface area contributed by atoms with Crippen LogP contribution in [0.1, 0.15) is 15.9 Å². The second-order valence-corrected chi connectivity index (χ2v) is 4.90. The summed E-state index contributed by atoms with van der Waals surface area (Å²) in [4.78, 5) is 11.6. The maximum absolute atomic E-state index is 11.6. The highest BCUT2D eigenvalue weighted by Crippen LogP contribution is 2.30. The standard InChI is InChI=1S/C16H15N3O/c1-10-7-8-14-13(9-10)15(18-19(14)2)11-5-3-4-6-12(11)16(17)20/h3-9H,1-2H3,(H2,17,20). The van der Waals surface area contributed by atoms with Gasteiger partial charge >= 0.3 is 0 Å². The number of nitrogens with two attached hydrogens (primary N) is 1. The van der Waals surface area contributed by atoms with Crippen LogP contribution < -0.4 is 5.73 Å². The van der Waals surface area contributed by atoms with E-state index in [-0.39, 0.29) is 0 Å². The molecule has 1 amide bonds. The van der Waals surface area contributed by atoms with Crippen molar-refractivity contribution >= 4 is 16.8 Å². The molecule has 0 saturated carbocycles. The van der Waals surface area contributed by atoms with Crippen LogP contribution in [0, 0.1) is 6.92 Å². The van der Waals surface area contributed by atoms with Gasteiger partial charge in [-0.1, -0.05) is 29.8 Å². The molecule has 0 aliphatic carbocycles. The maximum atomic E-state index is 11.6. The Hall–Kier alpha value is -2.62. The third-order valence-corrected chi connectivity index (χ3v) is 3.45. The van der Waals surface area contributed by atoms with Gasteiger partial charge in [-0.2, -0.15) is 5.10 Å². The van der Waals surface area contributed by atoms with Crippen LogP contribution >= 0.6 is 0 Å². The fourth-order valence-electron chi connectivity index (χ4n) is 2.48. The number of aryl methyl sites for hydroxylation is 2. The lowest BCUT2D eigenvalue weighted by atomic mass is 10.0. The van der Waals surface area contributed by atoms with Gasteiger partial charge in [0.25, 0.3) is 0 Å². The Kier molecular flexibility index (Phi) is 2.79. The summed E-state index contributed by atoms with van der Waals surface area (Å²) in [5.41, 5.74) is 9.71. The first-order valence-electron chi connectivity index (χ1n) is 6.40. The zero-order valence-corrected chi connectivity index (χ0v) is 11.4. The molecule has 0 aliphatic heterocycles. The van der Waals surface area contributed by atoms with Crippen LogP contribution in [0.2, 0.25) is 0 Å². The van der Waals surface area contributed by atoms with Crippen LogP contribution in [0.4, 0.5) is 0 Å². The number of carbonyl (C=O) groups excluding carboxylic acids is 1. The second kappa shape index (κ2) is 4.49. The number of nitrogens with zero attached hydrogens (tertiary/aromatic N) is 2. The van der Waals surface area contributed by atoms with Gasteiger partial charge in [0, 0.05) is 23.6 Å². The highest BCUT2D eigenvalue weighted by atomic mass is 16.1. The van der Waals surface area contributed by atoms with Crippen LogP contribution in [-0.4, -0.2) is 15.7 Å². The molecule has 0 fully saturated rings. The van der Waals surface area contributed by atoms with Gasteiger partial charge in [-0.05, 0) is 25.1 Å². The fourth-order valence-corrected chi connectivity index (χ4v) is 2.48. The van der Waals surface area contributed by atoms with E-state index in [9.17, 15) is 4.79 Å². The Morgan fingerprint density at radius 3 is 2.70 bits per heavy atom. The van der Waals surface area contributed by atoms with E-state index in [2.05, 4.69) is 11.2 Å². The number of amides is 1. The number of fused-ring (bicyclic) bond motifs is 1. The van der Waals surface area contributed by atoms with Crippen LogP contribution in [0.15, 0.2) is 42.5 Å². The van der Waals surface area contributed by atoms with Gasteiger partial charge < -0.3 is 5.73 Å². The Morgan fingerprint density at radius 1 is 1.20 bits per heavy atom. The second-order valence-electron chi connectivity index (χ2n) is 4.90. The zero-order valence-electron chi connectivity index (χ0n) is 11.4. The number of aromatic nitrogens is 2. The number of primary amides is 1. The summed E-state index contributed by atoms with van der Waals surface area (Å²) in [7, 11) is 1.90. The van der Waals surface area contributed by atoms with Crippen molar-refractivity contribution in [3.8, 4) is 11.3 Å². The van der Waals surface area contributed by atoms with E-state index in [1.54, 1.807) is 12.1 Å². The Balaban J connectivity index is 2.36. The van der Waals surface area contributed by atoms with Crippen molar-refractivity contribution < 1.29 is 4.79 Å². The number of carbonyl (C=O) groups is 1. The summed E-state index contributed by atoms with van der Waals surface area (Å²) in [6, 6.07) is 13.5. The van der Waals surface area contributed by atoms with Crippen molar-refractivity contribution in [2.45, 2.75) is 6.92 Å². The topological polar surface area (TPSA) is 60.9 Å². The summed E-state index contributed by atoms with van der Waals surface area (Å²) >= 11 is 0. The first-order valence-corrected chi connectivity index (χ1v) is 6.40. The Labute approximate surface area is 116 Å². The third kappa shape index (κ3) is 1.86. The van der Waals surface area contributed by atoms with Gasteiger partial charge in [0.05, 0.1) is 5.52 Å². The van der Waals surface area contributed by atoms with Crippen molar-refractivity contribution in [3.63, 3.8) is 0 Å². The molecule has 4 nitrogen and oxygen atoms in total. The van der Waals surface area contributed by atoms with Crippen LogP contribution in [0.3, 0.4) is 0 Å². The summed E-state index contributed by atoms with van der Waals surface area (Å²) in [6.45, 7) is 2.04. The highest BCUT2D eigenvalue weighted by Gasteiger charge is 2.16. The molecule has 0 bridgehead atoms. The average molecular weight is 265 g/mol. The van der Waals surface area contributed by atoms with Gasteiger partial charge in [-0.15, -0.1) is 0 Å². The molecule has 20 heavy (non-hydrogen) atoms. The summed E-state index contributed by atoms with van der Waals surface area (Å²) in [5, 5.41) is 5.58. The van der Waals surface area contributed by atoms with Crippen molar-refractivity contribution in [1.82, 2.24) is 9.78 Å². The largest absolute Gasteiger partial charge is 0.366 e. The first kappa shape index (κ1) is 12.4. The number of rotatable bonds is 2. The van der Waals surface area contributed by atoms with Crippen LogP contribution in [0.25, 0.3) is 22.2 Å². The lowest BCUT2D eigenvalue weighted by molar-refractivity contribution is 0.100. The quantitative estimate of drug-likeness (QED) is 0.774. The third-order valence-electron chi connectivity index (χ3n) is 3.45. The predicted molar refractivity (Wildman–Crippen MR) is 79.4 cm³/mol. The zero-order chi connectivity index (χ0) is 14.3. The summed E-state index contributed by atoms with van der Waals surface area (Å²) < 4.78 is 1.82. The first-order chi connectivity index (χ1) is 9.58. The number of hydrogen-bond acceptors (Lipinski definition) is 2. The lowest BCUT2D eigenvalue weighted by Crippen LogP contribution is -2.12. The number of benzene rings is 2. The molecule has 3 aromatic rings. The molecule has 2 aromatic carbocycles. The van der Waals surface area contributed by atoms with E-state index in [1.165, 1.54) is 0 Å². The van der Waals surface area contributed by atoms with Gasteiger partial charge in [-0.3, -0.25) is 9.48 Å². The highest BCUT2D eigenvalue weighted by molar-refractivity contribution is 6.04. The smallest absolute Gasteiger partial charge is 0.249 e. The SMILES string of the molecule is Cc1ccc2c(c1)c(-c1ccccc1C(N)=O)nn2C. The molecular formula is C16H15N3O. The summed E-state index contributed by atoms with van der Waals surface area (Å²) in [5.74, 6) is -0.438. The monoisotopic (exact) mass is 265 g/mol. The minimum Gasteiger partial charge on any atom is -0.366 e. The molecule has 3 rings (SSSR count). The molecule has 100 valence electrons. The Bertz CT molecular complexity index is 818. The number of hydrogen-bond donors (Lipinski definition) is 1. The molecule has 0 radical (unpaired) electrons. The van der Waals surface area contributed by atoms with Crippen LogP contribution in [-0.2, 0) is 7.05 Å². The van der Waals surface area contributed by atoms with E-state index < -0.39 is 5.91 Å². The van der Waals surface area contributed by atoms with E-state index in [0.717, 1.165) is 27.7 Å². The minimum atomic E-state index is -0.438. The molecule has 2 N–H and O–H groups in total.